The van der Waals surface area contributed by atoms with Crippen LogP contribution in [0.15, 0.2) is 66.7 Å². The van der Waals surface area contributed by atoms with Gasteiger partial charge < -0.3 is 20.1 Å². The Bertz CT molecular complexity index is 1450. The number of carbonyl (C=O) groups is 3. The van der Waals surface area contributed by atoms with Gasteiger partial charge in [0, 0.05) is 17.4 Å². The van der Waals surface area contributed by atoms with Gasteiger partial charge in [-0.05, 0) is 61.2 Å². The zero-order valence-corrected chi connectivity index (χ0v) is 21.5. The Balaban J connectivity index is 1.58. The van der Waals surface area contributed by atoms with Crippen molar-refractivity contribution in [1.29, 1.82) is 0 Å². The van der Waals surface area contributed by atoms with Crippen molar-refractivity contribution in [3.05, 3.63) is 94.8 Å². The molecule has 6 rings (SSSR count). The number of ether oxygens (including phenoxy) is 2. The van der Waals surface area contributed by atoms with Crippen LogP contribution in [0, 0.1) is 24.6 Å². The Labute approximate surface area is 225 Å². The fourth-order valence-electron chi connectivity index (χ4n) is 6.20. The van der Waals surface area contributed by atoms with E-state index in [1.165, 1.54) is 17.0 Å². The Kier molecular flexibility index (Phi) is 6.33. The third-order valence-electron chi connectivity index (χ3n) is 8.27. The second-order valence-corrected chi connectivity index (χ2v) is 10.6. The number of ketones is 1. The van der Waals surface area contributed by atoms with Gasteiger partial charge in [0.2, 0.25) is 18.6 Å². The highest BCUT2D eigenvalue weighted by atomic mass is 19.1. The lowest BCUT2D eigenvalue weighted by Crippen LogP contribution is -2.49. The number of rotatable bonds is 6. The van der Waals surface area contributed by atoms with Gasteiger partial charge >= 0.3 is 0 Å². The van der Waals surface area contributed by atoms with Gasteiger partial charge in [-0.15, -0.1) is 0 Å². The van der Waals surface area contributed by atoms with Crippen molar-refractivity contribution in [3.63, 3.8) is 0 Å². The molecule has 0 spiro atoms. The molecule has 7 nitrogen and oxygen atoms in total. The molecule has 2 amide bonds. The van der Waals surface area contributed by atoms with Crippen LogP contribution in [-0.2, 0) is 9.59 Å². The number of nitrogens with zero attached hydrogens (tertiary/aromatic N) is 1. The summed E-state index contributed by atoms with van der Waals surface area (Å²) in [5.41, 5.74) is 8.63. The minimum atomic E-state index is -1.10. The Hall–Kier alpha value is -4.20. The minimum Gasteiger partial charge on any atom is -0.454 e. The van der Waals surface area contributed by atoms with Crippen LogP contribution in [0.1, 0.15) is 58.3 Å². The summed E-state index contributed by atoms with van der Waals surface area (Å²) >= 11 is 0. The number of fused-ring (bicyclic) bond motifs is 1. The first kappa shape index (κ1) is 25.1. The second-order valence-electron chi connectivity index (χ2n) is 10.6. The standard InChI is InChI=1S/C31H29FN2O5/c1-17-4-2-7-21(14-17)29(35)26-25(18-8-11-22(32)12-9-18)28(30(33)36)34(31(37)19-5-3-6-19)27(26)20-10-13-23-24(15-20)39-16-38-23/h2,4,7-15,19,25-28H,3,5-6,16H2,1H3,(H2,33,36). The van der Waals surface area contributed by atoms with E-state index in [2.05, 4.69) is 0 Å². The highest BCUT2D eigenvalue weighted by molar-refractivity contribution is 6.02. The number of hydrogen-bond acceptors (Lipinski definition) is 5. The molecule has 3 aromatic rings. The van der Waals surface area contributed by atoms with Crippen LogP contribution in [0.3, 0.4) is 0 Å². The molecule has 3 aliphatic rings. The van der Waals surface area contributed by atoms with Gasteiger partial charge in [0.15, 0.2) is 17.3 Å². The maximum Gasteiger partial charge on any atom is 0.240 e. The van der Waals surface area contributed by atoms with Crippen LogP contribution < -0.4 is 15.2 Å². The molecule has 200 valence electrons. The molecule has 3 aromatic carbocycles. The lowest BCUT2D eigenvalue weighted by Gasteiger charge is -2.36. The molecule has 2 aliphatic heterocycles. The van der Waals surface area contributed by atoms with E-state index in [0.717, 1.165) is 12.0 Å². The summed E-state index contributed by atoms with van der Waals surface area (Å²) < 4.78 is 25.1. The van der Waals surface area contributed by atoms with E-state index in [1.807, 2.05) is 19.1 Å². The van der Waals surface area contributed by atoms with E-state index in [-0.39, 0.29) is 24.4 Å². The summed E-state index contributed by atoms with van der Waals surface area (Å²) in [7, 11) is 0. The molecule has 1 aliphatic carbocycles. The molecule has 2 N–H and O–H groups in total. The fraction of sp³-hybridized carbons (Fsp3) is 0.323. The number of aryl methyl sites for hydroxylation is 1. The van der Waals surface area contributed by atoms with E-state index in [0.29, 0.717) is 41.0 Å². The molecule has 8 heteroatoms. The zero-order valence-electron chi connectivity index (χ0n) is 21.5. The highest BCUT2D eigenvalue weighted by Crippen LogP contribution is 2.53. The van der Waals surface area contributed by atoms with Crippen molar-refractivity contribution in [2.24, 2.45) is 17.6 Å². The number of likely N-dealkylation sites (tertiary alicyclic amines) is 1. The van der Waals surface area contributed by atoms with E-state index in [9.17, 15) is 18.8 Å². The summed E-state index contributed by atoms with van der Waals surface area (Å²) in [5, 5.41) is 0. The lowest BCUT2D eigenvalue weighted by molar-refractivity contribution is -0.145. The average Bonchev–Trinajstić information content (AvgIpc) is 3.50. The number of Topliss-reactive ketones (excluding diaryl/α,β-unsaturated/α-hetero) is 1. The van der Waals surface area contributed by atoms with Crippen LogP contribution in [0.4, 0.5) is 4.39 Å². The van der Waals surface area contributed by atoms with Crippen molar-refractivity contribution in [1.82, 2.24) is 4.90 Å². The maximum absolute atomic E-state index is 14.4. The number of amides is 2. The first-order valence-corrected chi connectivity index (χ1v) is 13.2. The molecule has 0 aromatic heterocycles. The summed E-state index contributed by atoms with van der Waals surface area (Å²) in [6, 6.07) is 16.4. The Morgan fingerprint density at radius 1 is 0.923 bits per heavy atom. The number of primary amides is 1. The van der Waals surface area contributed by atoms with Gasteiger partial charge in [-0.2, -0.15) is 0 Å². The topological polar surface area (TPSA) is 98.9 Å². The van der Waals surface area contributed by atoms with Gasteiger partial charge in [0.05, 0.1) is 12.0 Å². The van der Waals surface area contributed by atoms with Gasteiger partial charge in [-0.1, -0.05) is 48.4 Å². The van der Waals surface area contributed by atoms with E-state index in [1.54, 1.807) is 42.5 Å². The van der Waals surface area contributed by atoms with Crippen LogP contribution in [0.2, 0.25) is 0 Å². The van der Waals surface area contributed by atoms with E-state index in [4.69, 9.17) is 15.2 Å². The highest BCUT2D eigenvalue weighted by Gasteiger charge is 2.58. The van der Waals surface area contributed by atoms with Crippen LogP contribution in [0.5, 0.6) is 11.5 Å². The predicted octanol–water partition coefficient (Wildman–Crippen LogP) is 4.68. The predicted molar refractivity (Wildman–Crippen MR) is 141 cm³/mol. The molecular formula is C31H29FN2O5. The zero-order chi connectivity index (χ0) is 27.3. The van der Waals surface area contributed by atoms with Crippen molar-refractivity contribution in [2.75, 3.05) is 6.79 Å². The normalized spacial score (nSPS) is 23.9. The van der Waals surface area contributed by atoms with Gasteiger partial charge in [0.25, 0.3) is 0 Å². The third-order valence-corrected chi connectivity index (χ3v) is 8.27. The number of nitrogens with two attached hydrogens (primary N) is 1. The summed E-state index contributed by atoms with van der Waals surface area (Å²) in [4.78, 5) is 43.2. The van der Waals surface area contributed by atoms with Crippen molar-refractivity contribution in [2.45, 2.75) is 44.2 Å². The number of benzene rings is 3. The number of halogens is 1. The molecular weight excluding hydrogens is 499 g/mol. The van der Waals surface area contributed by atoms with Crippen LogP contribution >= 0.6 is 0 Å². The van der Waals surface area contributed by atoms with Crippen molar-refractivity contribution < 1.29 is 28.2 Å². The molecule has 2 heterocycles. The van der Waals surface area contributed by atoms with E-state index >= 15 is 0 Å². The van der Waals surface area contributed by atoms with Gasteiger partial charge in [-0.25, -0.2) is 4.39 Å². The summed E-state index contributed by atoms with van der Waals surface area (Å²) in [6.07, 6.45) is 2.35. The molecule has 1 saturated heterocycles. The first-order valence-electron chi connectivity index (χ1n) is 13.2. The van der Waals surface area contributed by atoms with Crippen molar-refractivity contribution >= 4 is 17.6 Å². The SMILES string of the molecule is Cc1cccc(C(=O)C2C(c3ccc(F)cc3)C(C(N)=O)N(C(=O)C3CCC3)C2c2ccc3c(c2)OCO3)c1. The molecule has 2 fully saturated rings. The second kappa shape index (κ2) is 9.84. The van der Waals surface area contributed by atoms with E-state index < -0.39 is 35.6 Å². The Morgan fingerprint density at radius 2 is 1.64 bits per heavy atom. The molecule has 4 atom stereocenters. The molecule has 4 unspecified atom stereocenters. The van der Waals surface area contributed by atoms with Crippen molar-refractivity contribution in [3.8, 4) is 11.5 Å². The maximum atomic E-state index is 14.4. The average molecular weight is 529 g/mol. The molecule has 0 bridgehead atoms. The van der Waals surface area contributed by atoms with Crippen LogP contribution in [-0.4, -0.2) is 35.3 Å². The summed E-state index contributed by atoms with van der Waals surface area (Å²) in [5.74, 6) is -2.38. The van der Waals surface area contributed by atoms with Gasteiger partial charge in [0.1, 0.15) is 11.9 Å². The minimum absolute atomic E-state index is 0.0714. The fourth-order valence-corrected chi connectivity index (χ4v) is 6.20. The first-order chi connectivity index (χ1) is 18.8. The largest absolute Gasteiger partial charge is 0.454 e. The monoisotopic (exact) mass is 528 g/mol. The quantitative estimate of drug-likeness (QED) is 0.469. The van der Waals surface area contributed by atoms with Gasteiger partial charge in [-0.3, -0.25) is 14.4 Å². The molecule has 1 saturated carbocycles. The summed E-state index contributed by atoms with van der Waals surface area (Å²) in [6.45, 7) is 1.97. The number of carbonyl (C=O) groups excluding carboxylic acids is 3. The third kappa shape index (κ3) is 4.33. The lowest BCUT2D eigenvalue weighted by atomic mass is 9.76. The Morgan fingerprint density at radius 3 is 2.31 bits per heavy atom. The number of hydrogen-bond donors (Lipinski definition) is 1. The van der Waals surface area contributed by atoms with Crippen LogP contribution in [0.25, 0.3) is 0 Å². The molecule has 0 radical (unpaired) electrons. The smallest absolute Gasteiger partial charge is 0.240 e. The molecule has 39 heavy (non-hydrogen) atoms.